The summed E-state index contributed by atoms with van der Waals surface area (Å²) >= 11 is 1.10. The maximum atomic E-state index is 13.8. The number of fused-ring (bicyclic) bond motifs is 1. The first-order chi connectivity index (χ1) is 18.2. The number of allylic oxidation sites excluding steroid dienone is 1. The molecule has 0 unspecified atom stereocenters. The van der Waals surface area contributed by atoms with Gasteiger partial charge in [0, 0.05) is 17.7 Å². The molecule has 0 radical (unpaired) electrons. The number of carbonyl (C=O) groups is 1. The summed E-state index contributed by atoms with van der Waals surface area (Å²) in [6.07, 6.45) is 1.50. The lowest BCUT2D eigenvalue weighted by Crippen LogP contribution is -2.39. The van der Waals surface area contributed by atoms with Gasteiger partial charge in [-0.3, -0.25) is 19.5 Å². The third kappa shape index (κ3) is 4.77. The first-order valence-electron chi connectivity index (χ1n) is 11.5. The molecule has 1 atom stereocenters. The Bertz CT molecular complexity index is 1620. The fourth-order valence-electron chi connectivity index (χ4n) is 4.20. The quantitative estimate of drug-likeness (QED) is 0.243. The van der Waals surface area contributed by atoms with Gasteiger partial charge in [-0.2, -0.15) is 0 Å². The highest BCUT2D eigenvalue weighted by Gasteiger charge is 2.33. The van der Waals surface area contributed by atoms with Crippen molar-refractivity contribution in [1.29, 1.82) is 0 Å². The van der Waals surface area contributed by atoms with Crippen LogP contribution in [-0.4, -0.2) is 43.4 Å². The van der Waals surface area contributed by atoms with Gasteiger partial charge in [-0.25, -0.2) is 9.79 Å². The molecule has 0 saturated carbocycles. The van der Waals surface area contributed by atoms with Crippen LogP contribution in [0.15, 0.2) is 57.5 Å². The van der Waals surface area contributed by atoms with E-state index in [2.05, 4.69) is 4.99 Å². The van der Waals surface area contributed by atoms with Crippen molar-refractivity contribution in [2.24, 2.45) is 4.99 Å². The lowest BCUT2D eigenvalue weighted by atomic mass is 9.96. The number of esters is 1. The van der Waals surface area contributed by atoms with E-state index in [-0.39, 0.29) is 33.9 Å². The summed E-state index contributed by atoms with van der Waals surface area (Å²) in [5, 5.41) is 11.6. The van der Waals surface area contributed by atoms with Gasteiger partial charge in [0.2, 0.25) is 5.75 Å². The molecule has 4 rings (SSSR count). The third-order valence-electron chi connectivity index (χ3n) is 5.96. The Balaban J connectivity index is 1.97. The number of hydrogen-bond acceptors (Lipinski definition) is 10. The lowest BCUT2D eigenvalue weighted by molar-refractivity contribution is -0.385. The molecule has 3 aromatic rings. The number of carbonyl (C=O) groups excluding carboxylic acids is 1. The minimum atomic E-state index is -0.801. The lowest BCUT2D eigenvalue weighted by Gasteiger charge is -2.24. The van der Waals surface area contributed by atoms with Crippen molar-refractivity contribution in [2.45, 2.75) is 19.9 Å². The number of rotatable bonds is 8. The molecule has 1 aromatic heterocycles. The molecule has 0 amide bonds. The number of ether oxygens (including phenoxy) is 4. The molecule has 198 valence electrons. The summed E-state index contributed by atoms with van der Waals surface area (Å²) in [6, 6.07) is 8.90. The van der Waals surface area contributed by atoms with Gasteiger partial charge in [0.05, 0.1) is 54.7 Å². The fourth-order valence-corrected chi connectivity index (χ4v) is 5.23. The molecular formula is C26H25N3O8S. The molecule has 12 heteroatoms. The van der Waals surface area contributed by atoms with E-state index < -0.39 is 22.5 Å². The van der Waals surface area contributed by atoms with Crippen LogP contribution in [0.4, 0.5) is 5.69 Å². The second-order valence-electron chi connectivity index (χ2n) is 8.10. The fraction of sp³-hybridized carbons (Fsp3) is 0.269. The monoisotopic (exact) mass is 539 g/mol. The van der Waals surface area contributed by atoms with Crippen molar-refractivity contribution < 1.29 is 28.7 Å². The average Bonchev–Trinajstić information content (AvgIpc) is 3.21. The van der Waals surface area contributed by atoms with E-state index in [4.69, 9.17) is 18.9 Å². The van der Waals surface area contributed by atoms with Crippen LogP contribution >= 0.6 is 11.3 Å². The van der Waals surface area contributed by atoms with Crippen LogP contribution in [0.2, 0.25) is 0 Å². The van der Waals surface area contributed by atoms with Gasteiger partial charge in [-0.1, -0.05) is 23.5 Å². The van der Waals surface area contributed by atoms with Crippen molar-refractivity contribution in [2.75, 3.05) is 27.9 Å². The van der Waals surface area contributed by atoms with E-state index in [0.717, 1.165) is 11.3 Å². The Morgan fingerprint density at radius 2 is 1.82 bits per heavy atom. The van der Waals surface area contributed by atoms with Crippen molar-refractivity contribution in [1.82, 2.24) is 4.57 Å². The minimum absolute atomic E-state index is 0.0275. The van der Waals surface area contributed by atoms with Gasteiger partial charge in [-0.15, -0.1) is 0 Å². The Morgan fingerprint density at radius 1 is 1.13 bits per heavy atom. The molecule has 2 heterocycles. The van der Waals surface area contributed by atoms with Crippen LogP contribution in [0.5, 0.6) is 17.2 Å². The normalized spacial score (nSPS) is 15.0. The maximum absolute atomic E-state index is 13.8. The average molecular weight is 540 g/mol. The van der Waals surface area contributed by atoms with E-state index in [0.29, 0.717) is 27.4 Å². The van der Waals surface area contributed by atoms with Crippen LogP contribution in [0.25, 0.3) is 6.08 Å². The third-order valence-corrected chi connectivity index (χ3v) is 6.95. The molecular weight excluding hydrogens is 514 g/mol. The van der Waals surface area contributed by atoms with Crippen LogP contribution in [-0.2, 0) is 9.53 Å². The summed E-state index contributed by atoms with van der Waals surface area (Å²) in [5.74, 6) is 0.358. The predicted molar refractivity (Wildman–Crippen MR) is 140 cm³/mol. The highest BCUT2D eigenvalue weighted by atomic mass is 32.1. The summed E-state index contributed by atoms with van der Waals surface area (Å²) in [6.45, 7) is 3.55. The van der Waals surface area contributed by atoms with Crippen LogP contribution in [0.1, 0.15) is 31.0 Å². The predicted octanol–water partition coefficient (Wildman–Crippen LogP) is 2.73. The molecule has 0 spiro atoms. The number of nitro groups is 1. The van der Waals surface area contributed by atoms with E-state index in [1.54, 1.807) is 45.2 Å². The highest BCUT2D eigenvalue weighted by Crippen LogP contribution is 2.35. The minimum Gasteiger partial charge on any atom is -0.497 e. The molecule has 0 bridgehead atoms. The Labute approximate surface area is 221 Å². The molecule has 0 fully saturated rings. The largest absolute Gasteiger partial charge is 0.497 e. The smallest absolute Gasteiger partial charge is 0.338 e. The number of benzene rings is 2. The van der Waals surface area contributed by atoms with Gasteiger partial charge >= 0.3 is 11.7 Å². The zero-order valence-electron chi connectivity index (χ0n) is 21.3. The highest BCUT2D eigenvalue weighted by molar-refractivity contribution is 7.07. The Kier molecular flexibility index (Phi) is 7.62. The van der Waals surface area contributed by atoms with Crippen LogP contribution < -0.4 is 29.1 Å². The molecule has 0 aliphatic carbocycles. The van der Waals surface area contributed by atoms with E-state index in [9.17, 15) is 19.7 Å². The number of aromatic nitrogens is 1. The van der Waals surface area contributed by atoms with Gasteiger partial charge in [0.25, 0.3) is 5.56 Å². The molecule has 0 saturated heterocycles. The topological polar surface area (TPSA) is 131 Å². The first-order valence-corrected chi connectivity index (χ1v) is 12.3. The van der Waals surface area contributed by atoms with Crippen LogP contribution in [0.3, 0.4) is 0 Å². The number of methoxy groups -OCH3 is 3. The first kappa shape index (κ1) is 26.6. The zero-order chi connectivity index (χ0) is 27.6. The van der Waals surface area contributed by atoms with E-state index in [1.807, 2.05) is 0 Å². The van der Waals surface area contributed by atoms with E-state index in [1.165, 1.54) is 37.0 Å². The molecule has 38 heavy (non-hydrogen) atoms. The Morgan fingerprint density at radius 3 is 2.39 bits per heavy atom. The molecule has 11 nitrogen and oxygen atoms in total. The van der Waals surface area contributed by atoms with Crippen molar-refractivity contribution >= 4 is 29.1 Å². The number of thiazole rings is 1. The van der Waals surface area contributed by atoms with Gasteiger partial charge in [0.1, 0.15) is 11.5 Å². The Hall–Kier alpha value is -4.45. The summed E-state index contributed by atoms with van der Waals surface area (Å²) in [4.78, 5) is 42.7. The summed E-state index contributed by atoms with van der Waals surface area (Å²) < 4.78 is 22.8. The zero-order valence-corrected chi connectivity index (χ0v) is 22.2. The number of nitro benzene ring substituents is 1. The number of nitrogens with zero attached hydrogens (tertiary/aromatic N) is 3. The summed E-state index contributed by atoms with van der Waals surface area (Å²) in [5.41, 5.74) is 0.942. The van der Waals surface area contributed by atoms with Crippen molar-refractivity contribution in [3.05, 3.63) is 88.6 Å². The second-order valence-corrected chi connectivity index (χ2v) is 9.11. The SMILES string of the molecule is CCOC(=O)C1=C(C)N=c2s/c(=C\c3cc([N+](=O)[O-])c(OC)cc3OC)c(=O)n2[C@@H]1c1ccc(OC)cc1. The van der Waals surface area contributed by atoms with Gasteiger partial charge < -0.3 is 18.9 Å². The van der Waals surface area contributed by atoms with Gasteiger partial charge in [0.15, 0.2) is 4.80 Å². The molecule has 0 N–H and O–H groups in total. The van der Waals surface area contributed by atoms with Gasteiger partial charge in [-0.05, 0) is 37.6 Å². The van der Waals surface area contributed by atoms with Crippen LogP contribution in [0, 0.1) is 10.1 Å². The number of hydrogen-bond donors (Lipinski definition) is 0. The summed E-state index contributed by atoms with van der Waals surface area (Å²) in [7, 11) is 4.28. The second kappa shape index (κ2) is 10.9. The van der Waals surface area contributed by atoms with Crippen molar-refractivity contribution in [3.8, 4) is 17.2 Å². The maximum Gasteiger partial charge on any atom is 0.338 e. The van der Waals surface area contributed by atoms with Crippen molar-refractivity contribution in [3.63, 3.8) is 0 Å². The van der Waals surface area contributed by atoms with E-state index >= 15 is 0 Å². The molecule has 2 aromatic carbocycles. The molecule has 1 aliphatic rings. The standard InChI is InChI=1S/C26H25N3O8S/c1-6-37-25(31)22-14(2)27-26-28(23(22)15-7-9-17(34-3)10-8-15)24(30)21(38-26)12-16-11-18(29(32)33)20(36-5)13-19(16)35-4/h7-13,23H,6H2,1-5H3/b21-12-/t23-/m1/s1. The molecule has 1 aliphatic heterocycles.